The third-order valence-electron chi connectivity index (χ3n) is 4.10. The third kappa shape index (κ3) is 2.49. The molecule has 0 radical (unpaired) electrons. The monoisotopic (exact) mass is 272 g/mol. The first kappa shape index (κ1) is 13.3. The topological polar surface area (TPSA) is 47.3 Å². The van der Waals surface area contributed by atoms with Gasteiger partial charge in [0.15, 0.2) is 0 Å². The molecule has 20 heavy (non-hydrogen) atoms. The second-order valence-corrected chi connectivity index (χ2v) is 5.29. The van der Waals surface area contributed by atoms with E-state index in [1.807, 2.05) is 17.8 Å². The fourth-order valence-electron chi connectivity index (χ4n) is 2.85. The Balaban J connectivity index is 1.92. The normalized spacial score (nSPS) is 16.5. The molecule has 0 atom stereocenters. The van der Waals surface area contributed by atoms with Gasteiger partial charge in [-0.1, -0.05) is 18.2 Å². The number of aromatic nitrogens is 2. The molecule has 4 nitrogen and oxygen atoms in total. The highest BCUT2D eigenvalue weighted by molar-refractivity contribution is 5.60. The predicted octanol–water partition coefficient (Wildman–Crippen LogP) is 2.47. The van der Waals surface area contributed by atoms with E-state index in [0.717, 1.165) is 37.3 Å². The minimum atomic E-state index is -0.0316. The van der Waals surface area contributed by atoms with Crippen LogP contribution in [0.4, 0.5) is 0 Å². The minimum absolute atomic E-state index is 0.0316. The Labute approximate surface area is 119 Å². The number of imidazole rings is 1. The lowest BCUT2D eigenvalue weighted by Crippen LogP contribution is -2.14. The quantitative estimate of drug-likeness (QED) is 0.933. The summed E-state index contributed by atoms with van der Waals surface area (Å²) in [4.78, 5) is 4.25. The van der Waals surface area contributed by atoms with Gasteiger partial charge in [0.25, 0.3) is 0 Å². The molecule has 1 aromatic heterocycles. The minimum Gasteiger partial charge on any atom is -0.388 e. The second kappa shape index (κ2) is 5.77. The fourth-order valence-corrected chi connectivity index (χ4v) is 2.85. The van der Waals surface area contributed by atoms with E-state index in [1.54, 1.807) is 0 Å². The van der Waals surface area contributed by atoms with Crippen molar-refractivity contribution in [2.24, 2.45) is 7.05 Å². The van der Waals surface area contributed by atoms with Crippen LogP contribution in [-0.4, -0.2) is 27.9 Å². The number of benzene rings is 1. The number of rotatable bonds is 3. The molecule has 0 amide bonds. The lowest BCUT2D eigenvalue weighted by molar-refractivity contribution is 0.0853. The molecule has 2 aromatic rings. The zero-order chi connectivity index (χ0) is 13.9. The predicted molar refractivity (Wildman–Crippen MR) is 77.4 cm³/mol. The molecule has 0 saturated carbocycles. The maximum atomic E-state index is 9.24. The molecule has 4 heteroatoms. The SMILES string of the molecule is Cn1c(-c2cccc(C3CCOCC3)c2)cnc1CO. The Morgan fingerprint density at radius 3 is 2.85 bits per heavy atom. The molecule has 1 aliphatic rings. The van der Waals surface area contributed by atoms with Gasteiger partial charge in [0.2, 0.25) is 0 Å². The summed E-state index contributed by atoms with van der Waals surface area (Å²) in [6.07, 6.45) is 4.02. The van der Waals surface area contributed by atoms with Crippen molar-refractivity contribution in [2.45, 2.75) is 25.4 Å². The third-order valence-corrected chi connectivity index (χ3v) is 4.10. The van der Waals surface area contributed by atoms with Crippen LogP contribution in [0, 0.1) is 0 Å². The molecule has 1 saturated heterocycles. The van der Waals surface area contributed by atoms with Gasteiger partial charge in [-0.2, -0.15) is 0 Å². The number of aliphatic hydroxyl groups is 1. The lowest BCUT2D eigenvalue weighted by Gasteiger charge is -2.22. The van der Waals surface area contributed by atoms with Crippen LogP contribution in [0.5, 0.6) is 0 Å². The van der Waals surface area contributed by atoms with Gasteiger partial charge in [0.1, 0.15) is 12.4 Å². The highest BCUT2D eigenvalue weighted by atomic mass is 16.5. The van der Waals surface area contributed by atoms with Gasteiger partial charge in [-0.05, 0) is 30.4 Å². The van der Waals surface area contributed by atoms with Crippen LogP contribution < -0.4 is 0 Å². The van der Waals surface area contributed by atoms with E-state index in [1.165, 1.54) is 5.56 Å². The highest BCUT2D eigenvalue weighted by Gasteiger charge is 2.17. The molecule has 3 rings (SSSR count). The summed E-state index contributed by atoms with van der Waals surface area (Å²) in [6.45, 7) is 1.68. The molecule has 0 aliphatic carbocycles. The maximum absolute atomic E-state index is 9.24. The molecule has 106 valence electrons. The standard InChI is InChI=1S/C16H20N2O2/c1-18-15(10-17-16(18)11-19)14-4-2-3-13(9-14)12-5-7-20-8-6-12/h2-4,9-10,12,19H,5-8,11H2,1H3. The second-order valence-electron chi connectivity index (χ2n) is 5.29. The molecular weight excluding hydrogens is 252 g/mol. The largest absolute Gasteiger partial charge is 0.388 e. The van der Waals surface area contributed by atoms with Crippen LogP contribution in [0.1, 0.15) is 30.1 Å². The number of nitrogens with zero attached hydrogens (tertiary/aromatic N) is 2. The van der Waals surface area contributed by atoms with Gasteiger partial charge in [-0.15, -0.1) is 0 Å². The summed E-state index contributed by atoms with van der Waals surface area (Å²) in [5.41, 5.74) is 3.57. The molecule has 1 fully saturated rings. The lowest BCUT2D eigenvalue weighted by atomic mass is 9.90. The highest BCUT2D eigenvalue weighted by Crippen LogP contribution is 2.30. The van der Waals surface area contributed by atoms with E-state index in [0.29, 0.717) is 11.7 Å². The van der Waals surface area contributed by atoms with E-state index >= 15 is 0 Å². The Bertz CT molecular complexity index is 586. The molecular formula is C16H20N2O2. The van der Waals surface area contributed by atoms with Gasteiger partial charge >= 0.3 is 0 Å². The van der Waals surface area contributed by atoms with Crippen LogP contribution in [0.25, 0.3) is 11.3 Å². The van der Waals surface area contributed by atoms with Crippen molar-refractivity contribution >= 4 is 0 Å². The van der Waals surface area contributed by atoms with Crippen molar-refractivity contribution < 1.29 is 9.84 Å². The van der Waals surface area contributed by atoms with Gasteiger partial charge < -0.3 is 14.4 Å². The Kier molecular flexibility index (Phi) is 3.85. The number of aliphatic hydroxyl groups excluding tert-OH is 1. The average Bonchev–Trinajstić information content (AvgIpc) is 2.89. The van der Waals surface area contributed by atoms with E-state index < -0.39 is 0 Å². The van der Waals surface area contributed by atoms with Crippen LogP contribution in [0.15, 0.2) is 30.5 Å². The number of ether oxygens (including phenoxy) is 1. The maximum Gasteiger partial charge on any atom is 0.134 e. The molecule has 1 N–H and O–H groups in total. The van der Waals surface area contributed by atoms with Crippen molar-refractivity contribution in [3.05, 3.63) is 41.9 Å². The molecule has 1 aliphatic heterocycles. The summed E-state index contributed by atoms with van der Waals surface area (Å²) in [7, 11) is 1.94. The van der Waals surface area contributed by atoms with Crippen LogP contribution >= 0.6 is 0 Å². The van der Waals surface area contributed by atoms with Crippen LogP contribution in [-0.2, 0) is 18.4 Å². The number of hydrogen-bond donors (Lipinski definition) is 1. The van der Waals surface area contributed by atoms with E-state index in [9.17, 15) is 5.11 Å². The first-order valence-electron chi connectivity index (χ1n) is 7.09. The van der Waals surface area contributed by atoms with E-state index in [2.05, 4.69) is 29.2 Å². The van der Waals surface area contributed by atoms with Gasteiger partial charge in [0, 0.05) is 25.8 Å². The zero-order valence-corrected chi connectivity index (χ0v) is 11.7. The molecule has 0 bridgehead atoms. The van der Waals surface area contributed by atoms with Crippen molar-refractivity contribution in [2.75, 3.05) is 13.2 Å². The van der Waals surface area contributed by atoms with E-state index in [-0.39, 0.29) is 6.61 Å². The summed E-state index contributed by atoms with van der Waals surface area (Å²) in [6, 6.07) is 8.64. The molecule has 0 spiro atoms. The van der Waals surface area contributed by atoms with Crippen molar-refractivity contribution in [3.63, 3.8) is 0 Å². The van der Waals surface area contributed by atoms with Crippen LogP contribution in [0.2, 0.25) is 0 Å². The van der Waals surface area contributed by atoms with Crippen molar-refractivity contribution in [1.29, 1.82) is 0 Å². The van der Waals surface area contributed by atoms with Gasteiger partial charge in [-0.25, -0.2) is 4.98 Å². The smallest absolute Gasteiger partial charge is 0.134 e. The van der Waals surface area contributed by atoms with Crippen molar-refractivity contribution in [1.82, 2.24) is 9.55 Å². The number of hydrogen-bond acceptors (Lipinski definition) is 3. The first-order valence-corrected chi connectivity index (χ1v) is 7.09. The Morgan fingerprint density at radius 1 is 1.35 bits per heavy atom. The average molecular weight is 272 g/mol. The Morgan fingerprint density at radius 2 is 2.15 bits per heavy atom. The molecule has 1 aromatic carbocycles. The van der Waals surface area contributed by atoms with Gasteiger partial charge in [0.05, 0.1) is 11.9 Å². The fraction of sp³-hybridized carbons (Fsp3) is 0.438. The summed E-state index contributed by atoms with van der Waals surface area (Å²) in [5, 5.41) is 9.24. The molecule has 0 unspecified atom stereocenters. The van der Waals surface area contributed by atoms with Crippen LogP contribution in [0.3, 0.4) is 0 Å². The van der Waals surface area contributed by atoms with Gasteiger partial charge in [-0.3, -0.25) is 0 Å². The first-order chi connectivity index (χ1) is 9.79. The van der Waals surface area contributed by atoms with Crippen molar-refractivity contribution in [3.8, 4) is 11.3 Å². The summed E-state index contributed by atoms with van der Waals surface area (Å²) < 4.78 is 7.38. The van der Waals surface area contributed by atoms with E-state index in [4.69, 9.17) is 4.74 Å². The summed E-state index contributed by atoms with van der Waals surface area (Å²) in [5.74, 6) is 1.28. The summed E-state index contributed by atoms with van der Waals surface area (Å²) >= 11 is 0. The zero-order valence-electron chi connectivity index (χ0n) is 11.7. The Hall–Kier alpha value is -1.65. The molecule has 2 heterocycles.